The zero-order valence-corrected chi connectivity index (χ0v) is 11.6. The van der Waals surface area contributed by atoms with Gasteiger partial charge in [-0.15, -0.1) is 0 Å². The lowest BCUT2D eigenvalue weighted by molar-refractivity contribution is 0.455. The highest BCUT2D eigenvalue weighted by Gasteiger charge is 2.27. The molecule has 2 heterocycles. The van der Waals surface area contributed by atoms with E-state index in [0.717, 1.165) is 24.1 Å². The molecule has 1 aliphatic heterocycles. The van der Waals surface area contributed by atoms with Gasteiger partial charge in [0.2, 0.25) is 0 Å². The van der Waals surface area contributed by atoms with Gasteiger partial charge in [0.25, 0.3) is 10.2 Å². The Labute approximate surface area is 108 Å². The number of hydrogen-bond donors (Lipinski definition) is 1. The molecule has 6 heteroatoms. The minimum absolute atomic E-state index is 0.309. The van der Waals surface area contributed by atoms with E-state index in [1.807, 2.05) is 26.0 Å². The molecule has 100 valence electrons. The van der Waals surface area contributed by atoms with Gasteiger partial charge in [0.15, 0.2) is 0 Å². The van der Waals surface area contributed by atoms with E-state index < -0.39 is 10.2 Å². The molecule has 1 aliphatic rings. The van der Waals surface area contributed by atoms with Gasteiger partial charge in [-0.05, 0) is 38.3 Å². The molecule has 1 saturated heterocycles. The Bertz CT molecular complexity index is 510. The first-order valence-electron chi connectivity index (χ1n) is 6.19. The summed E-state index contributed by atoms with van der Waals surface area (Å²) in [7, 11) is -3.38. The van der Waals surface area contributed by atoms with Crippen molar-refractivity contribution in [3.63, 3.8) is 0 Å². The van der Waals surface area contributed by atoms with E-state index in [4.69, 9.17) is 0 Å². The maximum atomic E-state index is 12.1. The van der Waals surface area contributed by atoms with Gasteiger partial charge in [-0.25, -0.2) is 0 Å². The van der Waals surface area contributed by atoms with Crippen molar-refractivity contribution < 1.29 is 8.42 Å². The van der Waals surface area contributed by atoms with Crippen LogP contribution >= 0.6 is 0 Å². The number of aromatic nitrogens is 1. The van der Waals surface area contributed by atoms with Crippen molar-refractivity contribution in [2.75, 3.05) is 13.1 Å². The highest BCUT2D eigenvalue weighted by Crippen LogP contribution is 2.18. The Morgan fingerprint density at radius 2 is 2.06 bits per heavy atom. The standard InChI is InChI=1S/C12H19N3O2S/c1-10-6-5-7-13-12(10)11(2)14-18(16,17)15-8-3-4-9-15/h5-7,11,14H,3-4,8-9H2,1-2H3/t11-/m0/s1. The minimum atomic E-state index is -3.38. The third-order valence-electron chi connectivity index (χ3n) is 3.19. The molecular formula is C12H19N3O2S. The van der Waals surface area contributed by atoms with Crippen molar-refractivity contribution in [1.82, 2.24) is 14.0 Å². The minimum Gasteiger partial charge on any atom is -0.259 e. The molecule has 1 aromatic heterocycles. The van der Waals surface area contributed by atoms with Crippen LogP contribution in [0.5, 0.6) is 0 Å². The second-order valence-corrected chi connectivity index (χ2v) is 6.36. The third kappa shape index (κ3) is 2.88. The molecule has 0 amide bonds. The maximum absolute atomic E-state index is 12.1. The van der Waals surface area contributed by atoms with Crippen molar-refractivity contribution in [3.05, 3.63) is 29.6 Å². The lowest BCUT2D eigenvalue weighted by Crippen LogP contribution is -2.40. The third-order valence-corrected chi connectivity index (χ3v) is 4.89. The first-order valence-corrected chi connectivity index (χ1v) is 7.63. The average molecular weight is 269 g/mol. The van der Waals surface area contributed by atoms with Gasteiger partial charge in [-0.3, -0.25) is 4.98 Å². The molecule has 1 aromatic rings. The molecule has 2 rings (SSSR count). The molecule has 1 atom stereocenters. The van der Waals surface area contributed by atoms with Crippen molar-refractivity contribution in [3.8, 4) is 0 Å². The summed E-state index contributed by atoms with van der Waals surface area (Å²) in [6.45, 7) is 4.98. The zero-order chi connectivity index (χ0) is 13.2. The first-order chi connectivity index (χ1) is 8.50. The van der Waals surface area contributed by atoms with Crippen molar-refractivity contribution in [2.45, 2.75) is 32.7 Å². The number of nitrogens with one attached hydrogen (secondary N) is 1. The SMILES string of the molecule is Cc1cccnc1[C@H](C)NS(=O)(=O)N1CCCC1. The molecular weight excluding hydrogens is 250 g/mol. The Balaban J connectivity index is 2.11. The predicted molar refractivity (Wildman–Crippen MR) is 70.3 cm³/mol. The molecule has 0 spiro atoms. The summed E-state index contributed by atoms with van der Waals surface area (Å²) < 4.78 is 28.4. The van der Waals surface area contributed by atoms with E-state index in [1.165, 1.54) is 4.31 Å². The number of hydrogen-bond acceptors (Lipinski definition) is 3. The van der Waals surface area contributed by atoms with Crippen molar-refractivity contribution >= 4 is 10.2 Å². The molecule has 0 aromatic carbocycles. The van der Waals surface area contributed by atoms with Crippen LogP contribution in [0.2, 0.25) is 0 Å². The lowest BCUT2D eigenvalue weighted by Gasteiger charge is -2.20. The number of rotatable bonds is 4. The van der Waals surface area contributed by atoms with Gasteiger partial charge in [-0.2, -0.15) is 17.4 Å². The highest BCUT2D eigenvalue weighted by atomic mass is 32.2. The Kier molecular flexibility index (Phi) is 3.99. The fraction of sp³-hybridized carbons (Fsp3) is 0.583. The van der Waals surface area contributed by atoms with Crippen LogP contribution in [0, 0.1) is 6.92 Å². The summed E-state index contributed by atoms with van der Waals surface area (Å²) in [5.74, 6) is 0. The van der Waals surface area contributed by atoms with E-state index >= 15 is 0 Å². The van der Waals surface area contributed by atoms with Gasteiger partial charge in [0.05, 0.1) is 11.7 Å². The maximum Gasteiger partial charge on any atom is 0.280 e. The molecule has 0 radical (unpaired) electrons. The molecule has 1 N–H and O–H groups in total. The summed E-state index contributed by atoms with van der Waals surface area (Å²) in [4.78, 5) is 4.24. The van der Waals surface area contributed by atoms with Gasteiger partial charge < -0.3 is 0 Å². The summed E-state index contributed by atoms with van der Waals surface area (Å²) >= 11 is 0. The molecule has 0 saturated carbocycles. The monoisotopic (exact) mass is 269 g/mol. The quantitative estimate of drug-likeness (QED) is 0.898. The average Bonchev–Trinajstić information content (AvgIpc) is 2.82. The van der Waals surface area contributed by atoms with Crippen LogP contribution in [0.1, 0.15) is 37.1 Å². The normalized spacial score (nSPS) is 19.0. The smallest absolute Gasteiger partial charge is 0.259 e. The lowest BCUT2D eigenvalue weighted by atomic mass is 10.1. The van der Waals surface area contributed by atoms with Crippen molar-refractivity contribution in [2.24, 2.45) is 0 Å². The molecule has 5 nitrogen and oxygen atoms in total. The summed E-state index contributed by atoms with van der Waals surface area (Å²) in [6, 6.07) is 3.47. The van der Waals surface area contributed by atoms with E-state index in [0.29, 0.717) is 13.1 Å². The van der Waals surface area contributed by atoms with Crippen LogP contribution in [0.3, 0.4) is 0 Å². The van der Waals surface area contributed by atoms with Crippen LogP contribution in [-0.2, 0) is 10.2 Å². The topological polar surface area (TPSA) is 62.3 Å². The zero-order valence-electron chi connectivity index (χ0n) is 10.8. The summed E-state index contributed by atoms with van der Waals surface area (Å²) in [5.41, 5.74) is 1.77. The molecule has 0 unspecified atom stereocenters. The van der Waals surface area contributed by atoms with Gasteiger partial charge in [0.1, 0.15) is 0 Å². The number of nitrogens with zero attached hydrogens (tertiary/aromatic N) is 2. The Morgan fingerprint density at radius 3 is 2.67 bits per heavy atom. The first kappa shape index (κ1) is 13.5. The fourth-order valence-electron chi connectivity index (χ4n) is 2.23. The summed E-state index contributed by atoms with van der Waals surface area (Å²) in [6.07, 6.45) is 3.57. The van der Waals surface area contributed by atoms with Gasteiger partial charge in [0, 0.05) is 19.3 Å². The van der Waals surface area contributed by atoms with E-state index in [2.05, 4.69) is 9.71 Å². The highest BCUT2D eigenvalue weighted by molar-refractivity contribution is 7.87. The van der Waals surface area contributed by atoms with Crippen molar-refractivity contribution in [1.29, 1.82) is 0 Å². The van der Waals surface area contributed by atoms with Crippen LogP contribution in [0.4, 0.5) is 0 Å². The second-order valence-electron chi connectivity index (χ2n) is 4.66. The van der Waals surface area contributed by atoms with Crippen LogP contribution in [0.25, 0.3) is 0 Å². The van der Waals surface area contributed by atoms with Gasteiger partial charge in [-0.1, -0.05) is 6.07 Å². The van der Waals surface area contributed by atoms with Crippen LogP contribution in [0.15, 0.2) is 18.3 Å². The largest absolute Gasteiger partial charge is 0.280 e. The molecule has 0 bridgehead atoms. The predicted octanol–water partition coefficient (Wildman–Crippen LogP) is 1.38. The van der Waals surface area contributed by atoms with Gasteiger partial charge >= 0.3 is 0 Å². The molecule has 0 aliphatic carbocycles. The molecule has 18 heavy (non-hydrogen) atoms. The van der Waals surface area contributed by atoms with E-state index in [9.17, 15) is 8.42 Å². The number of aryl methyl sites for hydroxylation is 1. The Hall–Kier alpha value is -0.980. The fourth-order valence-corrected chi connectivity index (χ4v) is 3.68. The Morgan fingerprint density at radius 1 is 1.39 bits per heavy atom. The van der Waals surface area contributed by atoms with E-state index in [1.54, 1.807) is 6.20 Å². The van der Waals surface area contributed by atoms with E-state index in [-0.39, 0.29) is 6.04 Å². The van der Waals surface area contributed by atoms with Crippen LogP contribution in [-0.4, -0.2) is 30.8 Å². The molecule has 1 fully saturated rings. The van der Waals surface area contributed by atoms with Crippen LogP contribution < -0.4 is 4.72 Å². The number of pyridine rings is 1. The summed E-state index contributed by atoms with van der Waals surface area (Å²) in [5, 5.41) is 0. The second kappa shape index (κ2) is 5.34.